The van der Waals surface area contributed by atoms with Crippen molar-refractivity contribution in [1.82, 2.24) is 0 Å². The van der Waals surface area contributed by atoms with Gasteiger partial charge < -0.3 is 24.4 Å². The van der Waals surface area contributed by atoms with Gasteiger partial charge in [0.05, 0.1) is 12.7 Å². The first-order valence-corrected chi connectivity index (χ1v) is 22.2. The molecule has 0 aliphatic carbocycles. The van der Waals surface area contributed by atoms with Crippen molar-refractivity contribution in [1.29, 1.82) is 0 Å². The molecule has 3 N–H and O–H groups in total. The number of rotatable bonds is 36. The minimum absolute atomic E-state index is 0.144. The molecule has 0 radical (unpaired) electrons. The number of hydrogen-bond donors (Lipinski definition) is 3. The summed E-state index contributed by atoms with van der Waals surface area (Å²) in [5.41, 5.74) is 0. The Bertz CT molecular complexity index is 1220. The van der Waals surface area contributed by atoms with Crippen LogP contribution in [-0.4, -0.2) is 52.3 Å². The fourth-order valence-corrected chi connectivity index (χ4v) is 5.38. The van der Waals surface area contributed by atoms with Crippen molar-refractivity contribution >= 4 is 19.8 Å². The molecule has 0 aliphatic rings. The van der Waals surface area contributed by atoms with Crippen LogP contribution in [0.1, 0.15) is 149 Å². The summed E-state index contributed by atoms with van der Waals surface area (Å²) in [4.78, 5) is 42.8. The Kier molecular flexibility index (Phi) is 37.0. The molecule has 2 atom stereocenters. The van der Waals surface area contributed by atoms with Crippen LogP contribution in [0.4, 0.5) is 0 Å². The van der Waals surface area contributed by atoms with Gasteiger partial charge in [-0.1, -0.05) is 143 Å². The fraction of sp³-hybridized carbons (Fsp3) is 0.600. The Balaban J connectivity index is 4.18. The van der Waals surface area contributed by atoms with Crippen molar-refractivity contribution in [2.75, 3.05) is 13.2 Å². The van der Waals surface area contributed by atoms with Crippen molar-refractivity contribution in [2.45, 2.75) is 161 Å². The highest BCUT2D eigenvalue weighted by atomic mass is 31.2. The van der Waals surface area contributed by atoms with E-state index >= 15 is 0 Å². The number of allylic oxidation sites excluding steroid dienone is 14. The van der Waals surface area contributed by atoms with Crippen molar-refractivity contribution in [3.63, 3.8) is 0 Å². The van der Waals surface area contributed by atoms with Crippen LogP contribution in [0.25, 0.3) is 0 Å². The number of aliphatic hydroxyl groups excluding tert-OH is 1. The number of aliphatic hydroxyl groups is 1. The zero-order valence-electron chi connectivity index (χ0n) is 33.9. The molecule has 0 rings (SSSR count). The van der Waals surface area contributed by atoms with E-state index in [0.717, 1.165) is 51.4 Å². The standard InChI is InChI=1S/C45H73O9P/c1-3-5-7-9-11-12-13-14-15-16-17-18-19-20-21-22-27-31-35-39-45(48)54-43(41-53-55(49,50)51)40-52-44(47)38-34-30-26-24-23-25-29-33-37-42(46)36-32-28-10-8-6-4-2/h11-12,14-15,17-18,20-21,24-26,28-29,32-33,37,42-43,46H,3-10,13,16,19,22-23,27,30-31,34-36,38-41H2,1-2H3,(H2,49,50,51)/b12-11-,15-14-,18-17-,21-20-,26-24-,29-25-,32-28-,37-33+/t42-,43-/m1/s1. The summed E-state index contributed by atoms with van der Waals surface area (Å²) in [5, 5.41) is 9.99. The maximum Gasteiger partial charge on any atom is 0.469 e. The molecule has 0 fully saturated rings. The van der Waals surface area contributed by atoms with Crippen molar-refractivity contribution in [3.05, 3.63) is 97.2 Å². The normalized spacial score (nSPS) is 14.1. The first-order valence-electron chi connectivity index (χ1n) is 20.6. The summed E-state index contributed by atoms with van der Waals surface area (Å²) >= 11 is 0. The lowest BCUT2D eigenvalue weighted by Gasteiger charge is -2.18. The number of carbonyl (C=O) groups excluding carboxylic acids is 2. The van der Waals surface area contributed by atoms with E-state index in [1.54, 1.807) is 6.08 Å². The summed E-state index contributed by atoms with van der Waals surface area (Å²) in [5.74, 6) is -1.04. The summed E-state index contributed by atoms with van der Waals surface area (Å²) in [7, 11) is -4.80. The number of phosphoric acid groups is 1. The lowest BCUT2D eigenvalue weighted by Crippen LogP contribution is -2.29. The van der Waals surface area contributed by atoms with Crippen LogP contribution in [-0.2, 0) is 28.2 Å². The van der Waals surface area contributed by atoms with Crippen LogP contribution < -0.4 is 0 Å². The molecule has 312 valence electrons. The second-order valence-electron chi connectivity index (χ2n) is 13.5. The molecule has 0 aromatic rings. The molecule has 0 spiro atoms. The molecule has 0 bridgehead atoms. The van der Waals surface area contributed by atoms with Crippen LogP contribution >= 0.6 is 7.82 Å². The molecule has 0 aromatic carbocycles. The van der Waals surface area contributed by atoms with Crippen LogP contribution in [0.3, 0.4) is 0 Å². The van der Waals surface area contributed by atoms with E-state index in [1.165, 1.54) is 44.9 Å². The number of esters is 2. The summed E-state index contributed by atoms with van der Waals surface area (Å²) in [6, 6.07) is 0. The van der Waals surface area contributed by atoms with Crippen LogP contribution in [0, 0.1) is 0 Å². The van der Waals surface area contributed by atoms with Crippen LogP contribution in [0.15, 0.2) is 97.2 Å². The average Bonchev–Trinajstić information content (AvgIpc) is 3.15. The fourth-order valence-electron chi connectivity index (χ4n) is 5.02. The lowest BCUT2D eigenvalue weighted by molar-refractivity contribution is -0.161. The predicted octanol–water partition coefficient (Wildman–Crippen LogP) is 11.6. The average molecular weight is 789 g/mol. The molecule has 0 unspecified atom stereocenters. The predicted molar refractivity (Wildman–Crippen MR) is 226 cm³/mol. The smallest absolute Gasteiger partial charge is 0.462 e. The molecule has 0 aliphatic heterocycles. The van der Waals surface area contributed by atoms with E-state index < -0.39 is 38.6 Å². The minimum atomic E-state index is -4.80. The van der Waals surface area contributed by atoms with Crippen molar-refractivity contribution < 1.29 is 43.0 Å². The molecular formula is C45H73O9P. The van der Waals surface area contributed by atoms with Gasteiger partial charge in [0, 0.05) is 12.8 Å². The van der Waals surface area contributed by atoms with E-state index in [9.17, 15) is 19.3 Å². The largest absolute Gasteiger partial charge is 0.469 e. The Morgan fingerprint density at radius 1 is 0.564 bits per heavy atom. The van der Waals surface area contributed by atoms with E-state index in [4.69, 9.17) is 19.3 Å². The highest BCUT2D eigenvalue weighted by Crippen LogP contribution is 2.36. The number of unbranched alkanes of at least 4 members (excludes halogenated alkanes) is 10. The molecular weight excluding hydrogens is 715 g/mol. The third-order valence-corrected chi connectivity index (χ3v) is 8.64. The second-order valence-corrected chi connectivity index (χ2v) is 14.7. The minimum Gasteiger partial charge on any atom is -0.462 e. The maximum atomic E-state index is 12.4. The zero-order chi connectivity index (χ0) is 40.5. The van der Waals surface area contributed by atoms with E-state index in [0.29, 0.717) is 25.7 Å². The first-order chi connectivity index (χ1) is 26.7. The number of hydrogen-bond acceptors (Lipinski definition) is 7. The quantitative estimate of drug-likeness (QED) is 0.0186. The van der Waals surface area contributed by atoms with Gasteiger partial charge in [-0.15, -0.1) is 0 Å². The SMILES string of the molecule is CCCCC/C=C\C/C=C\C/C=C\C/C=C\CCCCCC(=O)O[C@H](COC(=O)CCC/C=C\C/C=C\C=C\[C@H](O)C/C=C\CCCCC)COP(=O)(O)O. The Morgan fingerprint density at radius 3 is 1.62 bits per heavy atom. The van der Waals surface area contributed by atoms with E-state index in [1.807, 2.05) is 36.5 Å². The highest BCUT2D eigenvalue weighted by molar-refractivity contribution is 7.46. The van der Waals surface area contributed by atoms with Gasteiger partial charge in [-0.05, 0) is 89.9 Å². The Hall–Kier alpha value is -3.07. The van der Waals surface area contributed by atoms with Gasteiger partial charge in [-0.2, -0.15) is 0 Å². The Labute approximate surface area is 333 Å². The van der Waals surface area contributed by atoms with Gasteiger partial charge in [0.15, 0.2) is 6.10 Å². The molecule has 10 heteroatoms. The molecule has 0 saturated carbocycles. The molecule has 9 nitrogen and oxygen atoms in total. The van der Waals surface area contributed by atoms with E-state index in [-0.39, 0.29) is 19.4 Å². The lowest BCUT2D eigenvalue weighted by atomic mass is 10.1. The van der Waals surface area contributed by atoms with E-state index in [2.05, 4.69) is 73.1 Å². The Morgan fingerprint density at radius 2 is 1.05 bits per heavy atom. The van der Waals surface area contributed by atoms with Gasteiger partial charge in [0.1, 0.15) is 6.61 Å². The monoisotopic (exact) mass is 788 g/mol. The second kappa shape index (κ2) is 39.2. The topological polar surface area (TPSA) is 140 Å². The van der Waals surface area contributed by atoms with Gasteiger partial charge in [-0.3, -0.25) is 14.1 Å². The highest BCUT2D eigenvalue weighted by Gasteiger charge is 2.22. The molecule has 0 aromatic heterocycles. The maximum absolute atomic E-state index is 12.4. The first kappa shape index (κ1) is 51.9. The molecule has 0 amide bonds. The van der Waals surface area contributed by atoms with Gasteiger partial charge in [-0.25, -0.2) is 4.57 Å². The molecule has 0 heterocycles. The van der Waals surface area contributed by atoms with Gasteiger partial charge in [0.25, 0.3) is 0 Å². The third kappa shape index (κ3) is 41.9. The number of carbonyl (C=O) groups is 2. The van der Waals surface area contributed by atoms with Crippen molar-refractivity contribution in [2.24, 2.45) is 0 Å². The summed E-state index contributed by atoms with van der Waals surface area (Å²) in [6.07, 6.45) is 50.1. The molecule has 0 saturated heterocycles. The van der Waals surface area contributed by atoms with Gasteiger partial charge in [0.2, 0.25) is 0 Å². The van der Waals surface area contributed by atoms with Crippen LogP contribution in [0.2, 0.25) is 0 Å². The number of ether oxygens (including phenoxy) is 2. The third-order valence-electron chi connectivity index (χ3n) is 8.16. The molecule has 55 heavy (non-hydrogen) atoms. The van der Waals surface area contributed by atoms with Crippen molar-refractivity contribution in [3.8, 4) is 0 Å². The summed E-state index contributed by atoms with van der Waals surface area (Å²) in [6.45, 7) is 3.46. The van der Waals surface area contributed by atoms with Crippen LogP contribution in [0.5, 0.6) is 0 Å². The van der Waals surface area contributed by atoms with Gasteiger partial charge >= 0.3 is 19.8 Å². The number of phosphoric ester groups is 1. The zero-order valence-corrected chi connectivity index (χ0v) is 34.8. The summed E-state index contributed by atoms with van der Waals surface area (Å²) < 4.78 is 26.3.